The van der Waals surface area contributed by atoms with E-state index < -0.39 is 6.36 Å². The average Bonchev–Trinajstić information content (AvgIpc) is 3.39. The van der Waals surface area contributed by atoms with E-state index in [2.05, 4.69) is 15.0 Å². The predicted octanol–water partition coefficient (Wildman–Crippen LogP) is 5.91. The molecule has 3 aromatic rings. The average molecular weight is 433 g/mol. The maximum absolute atomic E-state index is 12.8. The van der Waals surface area contributed by atoms with Gasteiger partial charge in [0, 0.05) is 35.4 Å². The Bertz CT molecular complexity index is 1000. The number of alkyl halides is 3. The number of hydrogen-bond acceptors (Lipinski definition) is 4. The number of anilines is 1. The van der Waals surface area contributed by atoms with Gasteiger partial charge in [-0.1, -0.05) is 18.2 Å². The van der Waals surface area contributed by atoms with Gasteiger partial charge in [0.2, 0.25) is 0 Å². The summed E-state index contributed by atoms with van der Waals surface area (Å²) < 4.78 is 40.7. The standard InChI is InChI=1S/C21H18F3N3O2S/c22-21(23,24)29-18-8-4-16(5-9-18)26-20(28)27(17-6-7-17)13-14-2-1-3-15(12-14)19-25-10-11-30-19/h1-5,8-12,17H,6-7,13H2,(H,26,28). The van der Waals surface area contributed by atoms with Gasteiger partial charge in [0.05, 0.1) is 0 Å². The number of carbonyl (C=O) groups is 1. The van der Waals surface area contributed by atoms with E-state index in [1.165, 1.54) is 24.3 Å². The number of rotatable bonds is 6. The first kappa shape index (κ1) is 20.2. The van der Waals surface area contributed by atoms with Gasteiger partial charge in [-0.3, -0.25) is 0 Å². The minimum absolute atomic E-state index is 0.154. The minimum Gasteiger partial charge on any atom is -0.406 e. The van der Waals surface area contributed by atoms with E-state index in [9.17, 15) is 18.0 Å². The molecule has 0 radical (unpaired) electrons. The first-order chi connectivity index (χ1) is 14.4. The third-order valence-corrected chi connectivity index (χ3v) is 5.37. The van der Waals surface area contributed by atoms with E-state index in [0.717, 1.165) is 29.0 Å². The van der Waals surface area contributed by atoms with Crippen LogP contribution >= 0.6 is 11.3 Å². The van der Waals surface area contributed by atoms with Crippen LogP contribution in [-0.2, 0) is 6.54 Å². The van der Waals surface area contributed by atoms with Crippen molar-refractivity contribution in [2.75, 3.05) is 5.32 Å². The number of amides is 2. The van der Waals surface area contributed by atoms with Crippen molar-refractivity contribution in [1.29, 1.82) is 0 Å². The number of halogens is 3. The molecule has 1 aromatic heterocycles. The van der Waals surface area contributed by atoms with Gasteiger partial charge in [0.1, 0.15) is 10.8 Å². The van der Waals surface area contributed by atoms with Gasteiger partial charge in [0.25, 0.3) is 0 Å². The maximum atomic E-state index is 12.8. The van der Waals surface area contributed by atoms with Gasteiger partial charge >= 0.3 is 12.4 Å². The van der Waals surface area contributed by atoms with Gasteiger partial charge in [-0.05, 0) is 48.7 Å². The van der Waals surface area contributed by atoms with E-state index in [0.29, 0.717) is 12.2 Å². The van der Waals surface area contributed by atoms with Crippen molar-refractivity contribution in [3.05, 3.63) is 65.7 Å². The van der Waals surface area contributed by atoms with E-state index in [-0.39, 0.29) is 17.8 Å². The highest BCUT2D eigenvalue weighted by Gasteiger charge is 2.33. The Morgan fingerprint density at radius 3 is 2.60 bits per heavy atom. The lowest BCUT2D eigenvalue weighted by molar-refractivity contribution is -0.274. The number of carbonyl (C=O) groups excluding carboxylic acids is 1. The molecule has 0 spiro atoms. The number of ether oxygens (including phenoxy) is 1. The molecule has 1 heterocycles. The molecular formula is C21H18F3N3O2S. The summed E-state index contributed by atoms with van der Waals surface area (Å²) in [5.74, 6) is -0.335. The fraction of sp³-hybridized carbons (Fsp3) is 0.238. The monoisotopic (exact) mass is 433 g/mol. The lowest BCUT2D eigenvalue weighted by atomic mass is 10.1. The van der Waals surface area contributed by atoms with Crippen LogP contribution in [0.15, 0.2) is 60.1 Å². The molecule has 0 aliphatic heterocycles. The van der Waals surface area contributed by atoms with Crippen molar-refractivity contribution in [2.24, 2.45) is 0 Å². The molecule has 1 fully saturated rings. The number of nitrogens with one attached hydrogen (secondary N) is 1. The normalized spacial score (nSPS) is 13.7. The first-order valence-electron chi connectivity index (χ1n) is 9.30. The Labute approximate surface area is 175 Å². The third-order valence-electron chi connectivity index (χ3n) is 4.55. The van der Waals surface area contributed by atoms with E-state index in [1.807, 2.05) is 29.6 Å². The van der Waals surface area contributed by atoms with Gasteiger partial charge < -0.3 is 15.0 Å². The molecule has 9 heteroatoms. The van der Waals surface area contributed by atoms with Crippen LogP contribution in [0.4, 0.5) is 23.7 Å². The molecule has 0 atom stereocenters. The Hall–Kier alpha value is -3.07. The van der Waals surface area contributed by atoms with E-state index in [1.54, 1.807) is 22.4 Å². The van der Waals surface area contributed by atoms with Crippen LogP contribution in [0.1, 0.15) is 18.4 Å². The molecule has 156 valence electrons. The van der Waals surface area contributed by atoms with Crippen LogP contribution in [0.25, 0.3) is 10.6 Å². The highest BCUT2D eigenvalue weighted by molar-refractivity contribution is 7.13. The number of aromatic nitrogens is 1. The summed E-state index contributed by atoms with van der Waals surface area (Å²) in [4.78, 5) is 18.9. The van der Waals surface area contributed by atoms with Crippen molar-refractivity contribution >= 4 is 23.1 Å². The van der Waals surface area contributed by atoms with Crippen molar-refractivity contribution in [3.63, 3.8) is 0 Å². The first-order valence-corrected chi connectivity index (χ1v) is 10.2. The molecule has 0 unspecified atom stereocenters. The summed E-state index contributed by atoms with van der Waals surface area (Å²) in [5.41, 5.74) is 2.38. The molecule has 5 nitrogen and oxygen atoms in total. The van der Waals surface area contributed by atoms with Crippen LogP contribution < -0.4 is 10.1 Å². The Morgan fingerprint density at radius 1 is 1.20 bits per heavy atom. The molecule has 1 N–H and O–H groups in total. The number of benzene rings is 2. The van der Waals surface area contributed by atoms with Gasteiger partial charge in [-0.15, -0.1) is 24.5 Å². The zero-order valence-corrected chi connectivity index (χ0v) is 16.5. The lowest BCUT2D eigenvalue weighted by Gasteiger charge is -2.23. The van der Waals surface area contributed by atoms with Crippen molar-refractivity contribution in [1.82, 2.24) is 9.88 Å². The second-order valence-corrected chi connectivity index (χ2v) is 7.79. The number of nitrogens with zero attached hydrogens (tertiary/aromatic N) is 2. The second kappa shape index (κ2) is 8.35. The van der Waals surface area contributed by atoms with Gasteiger partial charge in [0.15, 0.2) is 0 Å². The third kappa shape index (κ3) is 5.29. The molecule has 1 aliphatic carbocycles. The molecule has 0 saturated heterocycles. The van der Waals surface area contributed by atoms with Crippen LogP contribution in [-0.4, -0.2) is 28.3 Å². The second-order valence-electron chi connectivity index (χ2n) is 6.90. The molecule has 0 bridgehead atoms. The number of urea groups is 1. The van der Waals surface area contributed by atoms with Crippen molar-refractivity contribution in [2.45, 2.75) is 31.8 Å². The summed E-state index contributed by atoms with van der Waals surface area (Å²) in [6, 6.07) is 12.9. The summed E-state index contributed by atoms with van der Waals surface area (Å²) in [6.07, 6.45) is -1.14. The van der Waals surface area contributed by atoms with Crippen molar-refractivity contribution in [3.8, 4) is 16.3 Å². The highest BCUT2D eigenvalue weighted by atomic mass is 32.1. The van der Waals surface area contributed by atoms with Crippen molar-refractivity contribution < 1.29 is 22.7 Å². The predicted molar refractivity (Wildman–Crippen MR) is 108 cm³/mol. The van der Waals surface area contributed by atoms with E-state index in [4.69, 9.17) is 0 Å². The largest absolute Gasteiger partial charge is 0.573 e. The molecule has 2 aromatic carbocycles. The quantitative estimate of drug-likeness (QED) is 0.526. The highest BCUT2D eigenvalue weighted by Crippen LogP contribution is 2.31. The molecule has 4 rings (SSSR count). The van der Waals surface area contributed by atoms with Crippen LogP contribution in [0, 0.1) is 0 Å². The maximum Gasteiger partial charge on any atom is 0.573 e. The van der Waals surface area contributed by atoms with Crippen LogP contribution in [0.5, 0.6) is 5.75 Å². The lowest BCUT2D eigenvalue weighted by Crippen LogP contribution is -2.36. The zero-order chi connectivity index (χ0) is 21.1. The minimum atomic E-state index is -4.75. The molecule has 2 amide bonds. The fourth-order valence-corrected chi connectivity index (χ4v) is 3.69. The molecular weight excluding hydrogens is 415 g/mol. The SMILES string of the molecule is O=C(Nc1ccc(OC(F)(F)F)cc1)N(Cc1cccc(-c2nccs2)c1)C1CC1. The number of thiazole rings is 1. The van der Waals surface area contributed by atoms with Gasteiger partial charge in [-0.25, -0.2) is 9.78 Å². The Kier molecular flexibility index (Phi) is 5.63. The van der Waals surface area contributed by atoms with E-state index >= 15 is 0 Å². The smallest absolute Gasteiger partial charge is 0.406 e. The Morgan fingerprint density at radius 2 is 1.97 bits per heavy atom. The summed E-state index contributed by atoms with van der Waals surface area (Å²) in [5, 5.41) is 5.59. The molecule has 1 saturated carbocycles. The Balaban J connectivity index is 1.43. The molecule has 1 aliphatic rings. The van der Waals surface area contributed by atoms with Gasteiger partial charge in [-0.2, -0.15) is 0 Å². The number of hydrogen-bond donors (Lipinski definition) is 1. The summed E-state index contributed by atoms with van der Waals surface area (Å²) in [7, 11) is 0. The fourth-order valence-electron chi connectivity index (χ4n) is 3.05. The molecule has 30 heavy (non-hydrogen) atoms. The van der Waals surface area contributed by atoms with Crippen LogP contribution in [0.3, 0.4) is 0 Å². The topological polar surface area (TPSA) is 54.5 Å². The summed E-state index contributed by atoms with van der Waals surface area (Å²) >= 11 is 1.55. The van der Waals surface area contributed by atoms with Crippen LogP contribution in [0.2, 0.25) is 0 Å². The summed E-state index contributed by atoms with van der Waals surface area (Å²) in [6.45, 7) is 0.435. The zero-order valence-electron chi connectivity index (χ0n) is 15.7.